The summed E-state index contributed by atoms with van der Waals surface area (Å²) >= 11 is 13.3. The van der Waals surface area contributed by atoms with Crippen molar-refractivity contribution in [1.29, 1.82) is 0 Å². The number of hydrogen-bond donors (Lipinski definition) is 2. The van der Waals surface area contributed by atoms with Gasteiger partial charge in [-0.2, -0.15) is 0 Å². The number of nitrogen functional groups attached to an aromatic ring is 1. The first-order valence-electron chi connectivity index (χ1n) is 5.17. The second-order valence-corrected chi connectivity index (χ2v) is 7.27. The quantitative estimate of drug-likeness (QED) is 0.842. The molecule has 0 aliphatic rings. The van der Waals surface area contributed by atoms with Gasteiger partial charge in [-0.25, -0.2) is 13.1 Å². The first kappa shape index (κ1) is 14.6. The second kappa shape index (κ2) is 5.68. The summed E-state index contributed by atoms with van der Waals surface area (Å²) in [5.74, 6) is 0. The Morgan fingerprint density at radius 2 is 1.89 bits per heavy atom. The maximum atomic E-state index is 12.2. The molecule has 19 heavy (non-hydrogen) atoms. The first-order chi connectivity index (χ1) is 8.90. The number of sulfonamides is 1. The van der Waals surface area contributed by atoms with Crippen LogP contribution in [0, 0.1) is 0 Å². The van der Waals surface area contributed by atoms with Gasteiger partial charge >= 0.3 is 0 Å². The molecule has 0 amide bonds. The van der Waals surface area contributed by atoms with E-state index in [1.54, 1.807) is 0 Å². The molecule has 1 aromatic heterocycles. The van der Waals surface area contributed by atoms with E-state index in [-0.39, 0.29) is 21.5 Å². The fourth-order valence-electron chi connectivity index (χ4n) is 1.49. The third kappa shape index (κ3) is 3.40. The fraction of sp³-hybridized carbons (Fsp3) is 0.0909. The molecule has 8 heteroatoms. The number of halogens is 2. The SMILES string of the molecule is Nc1cc(Cl)c(S(=O)(=O)NCc2cccs2)c(Cl)c1. The van der Waals surface area contributed by atoms with Gasteiger partial charge in [0.15, 0.2) is 0 Å². The van der Waals surface area contributed by atoms with Crippen LogP contribution in [-0.2, 0) is 16.6 Å². The summed E-state index contributed by atoms with van der Waals surface area (Å²) in [4.78, 5) is 0.743. The molecule has 0 aliphatic heterocycles. The van der Waals surface area contributed by atoms with Crippen LogP contribution in [-0.4, -0.2) is 8.42 Å². The van der Waals surface area contributed by atoms with Crippen molar-refractivity contribution < 1.29 is 8.42 Å². The average molecular weight is 337 g/mol. The van der Waals surface area contributed by atoms with Gasteiger partial charge in [-0.3, -0.25) is 0 Å². The van der Waals surface area contributed by atoms with Gasteiger partial charge in [0.25, 0.3) is 0 Å². The number of hydrogen-bond acceptors (Lipinski definition) is 4. The van der Waals surface area contributed by atoms with Crippen molar-refractivity contribution in [2.24, 2.45) is 0 Å². The lowest BCUT2D eigenvalue weighted by molar-refractivity contribution is 0.582. The van der Waals surface area contributed by atoms with Crippen molar-refractivity contribution in [2.45, 2.75) is 11.4 Å². The monoisotopic (exact) mass is 336 g/mol. The van der Waals surface area contributed by atoms with Crippen LogP contribution in [0.1, 0.15) is 4.88 Å². The minimum atomic E-state index is -3.78. The van der Waals surface area contributed by atoms with E-state index in [1.807, 2.05) is 17.5 Å². The first-order valence-corrected chi connectivity index (χ1v) is 8.28. The van der Waals surface area contributed by atoms with Crippen molar-refractivity contribution in [3.63, 3.8) is 0 Å². The maximum absolute atomic E-state index is 12.2. The van der Waals surface area contributed by atoms with Crippen molar-refractivity contribution in [3.05, 3.63) is 44.6 Å². The van der Waals surface area contributed by atoms with Gasteiger partial charge in [0, 0.05) is 17.1 Å². The molecule has 1 heterocycles. The molecule has 3 N–H and O–H groups in total. The summed E-state index contributed by atoms with van der Waals surface area (Å²) in [6, 6.07) is 6.39. The van der Waals surface area contributed by atoms with Gasteiger partial charge in [0.2, 0.25) is 10.0 Å². The van der Waals surface area contributed by atoms with E-state index < -0.39 is 10.0 Å². The molecule has 0 atom stereocenters. The normalized spacial score (nSPS) is 11.7. The van der Waals surface area contributed by atoms with Crippen LogP contribution in [0.15, 0.2) is 34.5 Å². The Bertz CT molecular complexity index is 662. The molecule has 2 rings (SSSR count). The van der Waals surface area contributed by atoms with E-state index in [1.165, 1.54) is 23.5 Å². The van der Waals surface area contributed by atoms with Crippen LogP contribution in [0.25, 0.3) is 0 Å². The number of anilines is 1. The Kier molecular flexibility index (Phi) is 4.37. The lowest BCUT2D eigenvalue weighted by Crippen LogP contribution is -2.23. The molecule has 0 unspecified atom stereocenters. The van der Waals surface area contributed by atoms with Crippen LogP contribution in [0.4, 0.5) is 5.69 Å². The van der Waals surface area contributed by atoms with Gasteiger partial charge in [-0.15, -0.1) is 11.3 Å². The molecule has 1 aromatic carbocycles. The minimum Gasteiger partial charge on any atom is -0.399 e. The molecule has 0 radical (unpaired) electrons. The van der Waals surface area contributed by atoms with E-state index in [0.29, 0.717) is 5.69 Å². The van der Waals surface area contributed by atoms with Crippen molar-refractivity contribution >= 4 is 50.2 Å². The predicted octanol–water partition coefficient (Wildman–Crippen LogP) is 3.12. The van der Waals surface area contributed by atoms with E-state index in [9.17, 15) is 8.42 Å². The van der Waals surface area contributed by atoms with E-state index in [2.05, 4.69) is 4.72 Å². The highest BCUT2D eigenvalue weighted by Gasteiger charge is 2.22. The molecule has 0 fully saturated rings. The predicted molar refractivity (Wildman–Crippen MR) is 79.2 cm³/mol. The molecule has 0 saturated heterocycles. The lowest BCUT2D eigenvalue weighted by atomic mass is 10.3. The minimum absolute atomic E-state index is 0.00341. The van der Waals surface area contributed by atoms with E-state index in [4.69, 9.17) is 28.9 Å². The number of thiophene rings is 1. The molecule has 0 spiro atoms. The van der Waals surface area contributed by atoms with Crippen LogP contribution >= 0.6 is 34.5 Å². The van der Waals surface area contributed by atoms with Crippen LogP contribution in [0.3, 0.4) is 0 Å². The van der Waals surface area contributed by atoms with E-state index >= 15 is 0 Å². The van der Waals surface area contributed by atoms with Crippen LogP contribution in [0.5, 0.6) is 0 Å². The third-order valence-electron chi connectivity index (χ3n) is 2.31. The van der Waals surface area contributed by atoms with Crippen molar-refractivity contribution in [2.75, 3.05) is 5.73 Å². The maximum Gasteiger partial charge on any atom is 0.243 e. The highest BCUT2D eigenvalue weighted by molar-refractivity contribution is 7.89. The molecule has 102 valence electrons. The largest absolute Gasteiger partial charge is 0.399 e. The summed E-state index contributed by atoms with van der Waals surface area (Å²) in [5, 5.41) is 1.87. The molecule has 4 nitrogen and oxygen atoms in total. The molecular weight excluding hydrogens is 327 g/mol. The summed E-state index contributed by atoms with van der Waals surface area (Å²) in [7, 11) is -3.78. The Morgan fingerprint density at radius 1 is 1.26 bits per heavy atom. The Morgan fingerprint density at radius 3 is 2.42 bits per heavy atom. The molecular formula is C11H10Cl2N2O2S2. The van der Waals surface area contributed by atoms with Crippen molar-refractivity contribution in [1.82, 2.24) is 4.72 Å². The standard InChI is InChI=1S/C11H10Cl2N2O2S2/c12-9-4-7(14)5-10(13)11(9)19(16,17)15-6-8-2-1-3-18-8/h1-5,15H,6,14H2. The average Bonchev–Trinajstić information content (AvgIpc) is 2.77. The number of nitrogens with two attached hydrogens (primary N) is 1. The highest BCUT2D eigenvalue weighted by atomic mass is 35.5. The summed E-state index contributed by atoms with van der Waals surface area (Å²) < 4.78 is 26.8. The zero-order chi connectivity index (χ0) is 14.0. The van der Waals surface area contributed by atoms with Crippen LogP contribution < -0.4 is 10.5 Å². The van der Waals surface area contributed by atoms with Crippen molar-refractivity contribution in [3.8, 4) is 0 Å². The number of rotatable bonds is 4. The highest BCUT2D eigenvalue weighted by Crippen LogP contribution is 2.31. The summed E-state index contributed by atoms with van der Waals surface area (Å²) in [5.41, 5.74) is 5.85. The summed E-state index contributed by atoms with van der Waals surface area (Å²) in [6.45, 7) is 0.192. The van der Waals surface area contributed by atoms with E-state index in [0.717, 1.165) is 4.88 Å². The molecule has 2 aromatic rings. The van der Waals surface area contributed by atoms with Gasteiger partial charge in [-0.05, 0) is 23.6 Å². The van der Waals surface area contributed by atoms with Crippen LogP contribution in [0.2, 0.25) is 10.0 Å². The third-order valence-corrected chi connectivity index (χ3v) is 5.50. The Hall–Kier alpha value is -0.790. The summed E-state index contributed by atoms with van der Waals surface area (Å²) in [6.07, 6.45) is 0. The van der Waals surface area contributed by atoms with Gasteiger partial charge < -0.3 is 5.73 Å². The Balaban J connectivity index is 2.29. The van der Waals surface area contributed by atoms with Gasteiger partial charge in [-0.1, -0.05) is 29.3 Å². The smallest absolute Gasteiger partial charge is 0.243 e. The van der Waals surface area contributed by atoms with Gasteiger partial charge in [0.05, 0.1) is 10.0 Å². The fourth-order valence-corrected chi connectivity index (χ4v) is 4.46. The van der Waals surface area contributed by atoms with Gasteiger partial charge in [0.1, 0.15) is 4.90 Å². The number of benzene rings is 1. The molecule has 0 saturated carbocycles. The molecule has 0 bridgehead atoms. The topological polar surface area (TPSA) is 72.2 Å². The zero-order valence-electron chi connectivity index (χ0n) is 9.56. The zero-order valence-corrected chi connectivity index (χ0v) is 12.7. The Labute approximate surface area is 125 Å². The molecule has 0 aliphatic carbocycles. The lowest BCUT2D eigenvalue weighted by Gasteiger charge is -2.10. The number of nitrogens with one attached hydrogen (secondary N) is 1. The second-order valence-electron chi connectivity index (χ2n) is 3.72.